The Labute approximate surface area is 111 Å². The molecular formula is C16H26S. The van der Waals surface area contributed by atoms with Crippen molar-refractivity contribution in [2.24, 2.45) is 5.41 Å². The monoisotopic (exact) mass is 250 g/mol. The Kier molecular flexibility index (Phi) is 4.71. The molecule has 1 aromatic rings. The maximum absolute atomic E-state index is 2.29. The van der Waals surface area contributed by atoms with Crippen molar-refractivity contribution in [1.82, 2.24) is 0 Å². The van der Waals surface area contributed by atoms with Crippen LogP contribution in [0.25, 0.3) is 0 Å². The molecule has 0 saturated carbocycles. The summed E-state index contributed by atoms with van der Waals surface area (Å²) in [6.45, 7) is 13.7. The van der Waals surface area contributed by atoms with E-state index in [1.807, 2.05) is 11.8 Å². The second-order valence-electron chi connectivity index (χ2n) is 6.95. The minimum atomic E-state index is 0.351. The Morgan fingerprint density at radius 1 is 0.824 bits per heavy atom. The number of thioether (sulfide) groups is 1. The first kappa shape index (κ1) is 14.6. The average molecular weight is 250 g/mol. The molecule has 0 nitrogen and oxygen atoms in total. The van der Waals surface area contributed by atoms with Gasteiger partial charge in [-0.15, -0.1) is 0 Å². The van der Waals surface area contributed by atoms with E-state index in [4.69, 9.17) is 0 Å². The summed E-state index contributed by atoms with van der Waals surface area (Å²) in [5.74, 6) is 1.11. The third-order valence-electron chi connectivity index (χ3n) is 2.43. The van der Waals surface area contributed by atoms with Crippen LogP contribution in [0.5, 0.6) is 0 Å². The van der Waals surface area contributed by atoms with Crippen LogP contribution in [-0.4, -0.2) is 4.75 Å². The Morgan fingerprint density at radius 3 is 1.71 bits per heavy atom. The highest BCUT2D eigenvalue weighted by atomic mass is 32.2. The smallest absolute Gasteiger partial charge is 0.0189 e. The number of rotatable bonds is 3. The SMILES string of the molecule is CC(C)(C)Cc1ccc(CSC(C)(C)C)cc1. The van der Waals surface area contributed by atoms with Crippen molar-refractivity contribution in [3.05, 3.63) is 35.4 Å². The van der Waals surface area contributed by atoms with Gasteiger partial charge in [0.2, 0.25) is 0 Å². The molecule has 0 heterocycles. The van der Waals surface area contributed by atoms with Gasteiger partial charge < -0.3 is 0 Å². The molecule has 0 bridgehead atoms. The van der Waals surface area contributed by atoms with E-state index in [1.54, 1.807) is 0 Å². The molecule has 0 saturated heterocycles. The van der Waals surface area contributed by atoms with Crippen LogP contribution in [0.3, 0.4) is 0 Å². The highest BCUT2D eigenvalue weighted by molar-refractivity contribution is 7.99. The van der Waals surface area contributed by atoms with Crippen molar-refractivity contribution in [1.29, 1.82) is 0 Å². The van der Waals surface area contributed by atoms with Gasteiger partial charge in [0.1, 0.15) is 0 Å². The van der Waals surface area contributed by atoms with Crippen LogP contribution >= 0.6 is 11.8 Å². The fourth-order valence-electron chi connectivity index (χ4n) is 1.67. The van der Waals surface area contributed by atoms with Crippen molar-refractivity contribution in [3.63, 3.8) is 0 Å². The third-order valence-corrected chi connectivity index (χ3v) is 3.77. The van der Waals surface area contributed by atoms with Gasteiger partial charge in [-0.1, -0.05) is 65.8 Å². The fraction of sp³-hybridized carbons (Fsp3) is 0.625. The Balaban J connectivity index is 2.56. The van der Waals surface area contributed by atoms with Crippen LogP contribution in [0, 0.1) is 5.41 Å². The first-order valence-corrected chi connectivity index (χ1v) is 7.36. The summed E-state index contributed by atoms with van der Waals surface area (Å²) in [6.07, 6.45) is 1.15. The summed E-state index contributed by atoms with van der Waals surface area (Å²) < 4.78 is 0.351. The van der Waals surface area contributed by atoms with Crippen LogP contribution in [0.2, 0.25) is 0 Å². The van der Waals surface area contributed by atoms with Gasteiger partial charge in [-0.3, -0.25) is 0 Å². The lowest BCUT2D eigenvalue weighted by molar-refractivity contribution is 0.411. The quantitative estimate of drug-likeness (QED) is 0.701. The molecule has 1 heteroatoms. The summed E-state index contributed by atoms with van der Waals surface area (Å²) in [5.41, 5.74) is 3.26. The molecule has 0 aliphatic carbocycles. The minimum absolute atomic E-state index is 0.351. The maximum atomic E-state index is 2.29. The van der Waals surface area contributed by atoms with Crippen LogP contribution in [0.1, 0.15) is 52.7 Å². The average Bonchev–Trinajstić information content (AvgIpc) is 2.13. The minimum Gasteiger partial charge on any atom is -0.151 e. The molecule has 1 rings (SSSR count). The molecule has 0 N–H and O–H groups in total. The first-order chi connectivity index (χ1) is 7.66. The number of hydrogen-bond acceptors (Lipinski definition) is 1. The number of hydrogen-bond donors (Lipinski definition) is 0. The van der Waals surface area contributed by atoms with Crippen molar-refractivity contribution in [2.75, 3.05) is 0 Å². The molecule has 0 aliphatic heterocycles. The molecule has 1 aromatic carbocycles. The molecule has 0 atom stereocenters. The Bertz CT molecular complexity index is 335. The van der Waals surface area contributed by atoms with Crippen molar-refractivity contribution >= 4 is 11.8 Å². The van der Waals surface area contributed by atoms with Crippen molar-refractivity contribution in [2.45, 2.75) is 58.5 Å². The summed E-state index contributed by atoms with van der Waals surface area (Å²) >= 11 is 2.01. The van der Waals surface area contributed by atoms with E-state index in [0.717, 1.165) is 12.2 Å². The van der Waals surface area contributed by atoms with Crippen LogP contribution in [0.15, 0.2) is 24.3 Å². The molecule has 17 heavy (non-hydrogen) atoms. The van der Waals surface area contributed by atoms with Crippen LogP contribution in [-0.2, 0) is 12.2 Å². The highest BCUT2D eigenvalue weighted by Gasteiger charge is 2.12. The lowest BCUT2D eigenvalue weighted by Crippen LogP contribution is -2.09. The van der Waals surface area contributed by atoms with Crippen LogP contribution < -0.4 is 0 Å². The van der Waals surface area contributed by atoms with E-state index in [2.05, 4.69) is 65.8 Å². The zero-order valence-corrected chi connectivity index (χ0v) is 12.9. The van der Waals surface area contributed by atoms with E-state index < -0.39 is 0 Å². The lowest BCUT2D eigenvalue weighted by atomic mass is 9.88. The molecule has 0 amide bonds. The van der Waals surface area contributed by atoms with E-state index in [9.17, 15) is 0 Å². The standard InChI is InChI=1S/C16H26S/c1-15(2,3)11-13-7-9-14(10-8-13)12-17-16(4,5)6/h7-10H,11-12H2,1-6H3. The zero-order chi connectivity index (χ0) is 13.1. The van der Waals surface area contributed by atoms with E-state index in [-0.39, 0.29) is 0 Å². The van der Waals surface area contributed by atoms with Gasteiger partial charge in [0.05, 0.1) is 0 Å². The van der Waals surface area contributed by atoms with Gasteiger partial charge in [0, 0.05) is 10.5 Å². The summed E-state index contributed by atoms with van der Waals surface area (Å²) in [4.78, 5) is 0. The van der Waals surface area contributed by atoms with Gasteiger partial charge in [-0.05, 0) is 23.0 Å². The first-order valence-electron chi connectivity index (χ1n) is 6.37. The third kappa shape index (κ3) is 6.78. The predicted octanol–water partition coefficient (Wildman–Crippen LogP) is 5.31. The normalized spacial score (nSPS) is 12.8. The molecule has 0 radical (unpaired) electrons. The van der Waals surface area contributed by atoms with Gasteiger partial charge in [0.15, 0.2) is 0 Å². The summed E-state index contributed by atoms with van der Waals surface area (Å²) in [6, 6.07) is 9.12. The summed E-state index contributed by atoms with van der Waals surface area (Å²) in [7, 11) is 0. The Hall–Kier alpha value is -0.430. The maximum Gasteiger partial charge on any atom is 0.0189 e. The lowest BCUT2D eigenvalue weighted by Gasteiger charge is -2.19. The molecular weight excluding hydrogens is 224 g/mol. The fourth-order valence-corrected chi connectivity index (χ4v) is 2.46. The molecule has 0 aromatic heterocycles. The second-order valence-corrected chi connectivity index (χ2v) is 8.76. The summed E-state index contributed by atoms with van der Waals surface area (Å²) in [5, 5.41) is 0. The van der Waals surface area contributed by atoms with Gasteiger partial charge in [-0.2, -0.15) is 11.8 Å². The molecule has 0 fully saturated rings. The van der Waals surface area contributed by atoms with Gasteiger partial charge in [-0.25, -0.2) is 0 Å². The van der Waals surface area contributed by atoms with Gasteiger partial charge >= 0.3 is 0 Å². The second kappa shape index (κ2) is 5.48. The Morgan fingerprint density at radius 2 is 1.29 bits per heavy atom. The molecule has 0 spiro atoms. The molecule has 0 unspecified atom stereocenters. The van der Waals surface area contributed by atoms with Gasteiger partial charge in [0.25, 0.3) is 0 Å². The molecule has 0 aliphatic rings. The zero-order valence-electron chi connectivity index (χ0n) is 12.1. The van der Waals surface area contributed by atoms with E-state index in [0.29, 0.717) is 10.2 Å². The highest BCUT2D eigenvalue weighted by Crippen LogP contribution is 2.27. The number of benzene rings is 1. The molecule has 96 valence electrons. The largest absolute Gasteiger partial charge is 0.151 e. The van der Waals surface area contributed by atoms with Crippen molar-refractivity contribution < 1.29 is 0 Å². The topological polar surface area (TPSA) is 0 Å². The van der Waals surface area contributed by atoms with E-state index in [1.165, 1.54) is 11.1 Å². The van der Waals surface area contributed by atoms with Crippen LogP contribution in [0.4, 0.5) is 0 Å². The van der Waals surface area contributed by atoms with Crippen molar-refractivity contribution in [3.8, 4) is 0 Å². The van der Waals surface area contributed by atoms with E-state index >= 15 is 0 Å². The predicted molar refractivity (Wildman–Crippen MR) is 80.6 cm³/mol.